The van der Waals surface area contributed by atoms with Gasteiger partial charge < -0.3 is 9.80 Å². The third kappa shape index (κ3) is 2.55. The summed E-state index contributed by atoms with van der Waals surface area (Å²) in [5.41, 5.74) is 0.538. The highest BCUT2D eigenvalue weighted by molar-refractivity contribution is 7.18. The van der Waals surface area contributed by atoms with Crippen molar-refractivity contribution in [3.05, 3.63) is 35.2 Å². The zero-order valence-corrected chi connectivity index (χ0v) is 13.5. The van der Waals surface area contributed by atoms with Crippen molar-refractivity contribution >= 4 is 33.3 Å². The largest absolute Gasteiger partial charge is 0.352 e. The smallest absolute Gasteiger partial charge is 0.271 e. The number of hydrogen-bond donors (Lipinski definition) is 1. The summed E-state index contributed by atoms with van der Waals surface area (Å²) >= 11 is 1.68. The topological polar surface area (TPSA) is 78.0 Å². The predicted molar refractivity (Wildman–Crippen MR) is 88.9 cm³/mol. The first-order chi connectivity index (χ1) is 11.2. The van der Waals surface area contributed by atoms with E-state index in [-0.39, 0.29) is 5.91 Å². The van der Waals surface area contributed by atoms with Gasteiger partial charge in [-0.25, -0.2) is 9.97 Å². The van der Waals surface area contributed by atoms with E-state index >= 15 is 0 Å². The molecule has 1 fully saturated rings. The Kier molecular flexibility index (Phi) is 3.45. The van der Waals surface area contributed by atoms with Crippen molar-refractivity contribution in [3.63, 3.8) is 0 Å². The molecular weight excluding hydrogens is 312 g/mol. The SMILES string of the molecule is Cc1cc2c(N3CCN(C(=O)c4ccn[nH]4)CC3)ncnc2s1. The number of amides is 1. The quantitative estimate of drug-likeness (QED) is 0.774. The summed E-state index contributed by atoms with van der Waals surface area (Å²) in [7, 11) is 0. The fourth-order valence-corrected chi connectivity index (χ4v) is 3.72. The average Bonchev–Trinajstić information content (AvgIpc) is 3.22. The Hall–Kier alpha value is -2.48. The van der Waals surface area contributed by atoms with Gasteiger partial charge in [-0.15, -0.1) is 11.3 Å². The maximum absolute atomic E-state index is 12.3. The molecule has 3 aromatic rings. The lowest BCUT2D eigenvalue weighted by molar-refractivity contribution is 0.0740. The first-order valence-corrected chi connectivity index (χ1v) is 8.29. The third-order valence-corrected chi connectivity index (χ3v) is 4.99. The van der Waals surface area contributed by atoms with E-state index in [4.69, 9.17) is 0 Å². The minimum absolute atomic E-state index is 0.00126. The summed E-state index contributed by atoms with van der Waals surface area (Å²) in [6, 6.07) is 3.84. The number of aromatic amines is 1. The van der Waals surface area contributed by atoms with Crippen LogP contribution in [0.15, 0.2) is 24.7 Å². The zero-order valence-electron chi connectivity index (χ0n) is 12.7. The van der Waals surface area contributed by atoms with E-state index in [0.717, 1.165) is 29.1 Å². The maximum Gasteiger partial charge on any atom is 0.271 e. The summed E-state index contributed by atoms with van der Waals surface area (Å²) in [6.45, 7) is 4.96. The summed E-state index contributed by atoms with van der Waals surface area (Å²) in [4.78, 5) is 27.5. The standard InChI is InChI=1S/C15H16N6OS/c1-10-8-11-13(16-9-17-14(11)23-10)20-4-6-21(7-5-20)15(22)12-2-3-18-19-12/h2-3,8-9H,4-7H2,1H3,(H,18,19). The van der Waals surface area contributed by atoms with E-state index < -0.39 is 0 Å². The number of nitrogens with one attached hydrogen (secondary N) is 1. The highest BCUT2D eigenvalue weighted by Crippen LogP contribution is 2.30. The number of anilines is 1. The molecule has 1 N–H and O–H groups in total. The molecule has 3 aromatic heterocycles. The van der Waals surface area contributed by atoms with Crippen LogP contribution < -0.4 is 4.90 Å². The number of rotatable bonds is 2. The average molecular weight is 328 g/mol. The molecule has 118 valence electrons. The molecule has 23 heavy (non-hydrogen) atoms. The van der Waals surface area contributed by atoms with Crippen molar-refractivity contribution in [3.8, 4) is 0 Å². The minimum Gasteiger partial charge on any atom is -0.352 e. The van der Waals surface area contributed by atoms with Gasteiger partial charge in [0, 0.05) is 37.3 Å². The summed E-state index contributed by atoms with van der Waals surface area (Å²) in [5, 5.41) is 7.67. The van der Waals surface area contributed by atoms with E-state index in [2.05, 4.69) is 38.1 Å². The Morgan fingerprint density at radius 3 is 2.83 bits per heavy atom. The highest BCUT2D eigenvalue weighted by atomic mass is 32.1. The molecule has 0 saturated carbocycles. The lowest BCUT2D eigenvalue weighted by atomic mass is 10.2. The monoisotopic (exact) mass is 328 g/mol. The number of carbonyl (C=O) groups is 1. The van der Waals surface area contributed by atoms with E-state index in [9.17, 15) is 4.79 Å². The van der Waals surface area contributed by atoms with Crippen molar-refractivity contribution in [2.45, 2.75) is 6.92 Å². The van der Waals surface area contributed by atoms with Crippen LogP contribution >= 0.6 is 11.3 Å². The summed E-state index contributed by atoms with van der Waals surface area (Å²) in [6.07, 6.45) is 3.22. The van der Waals surface area contributed by atoms with Crippen LogP contribution in [0.1, 0.15) is 15.4 Å². The molecule has 1 saturated heterocycles. The Labute approximate surface area is 137 Å². The second-order valence-electron chi connectivity index (χ2n) is 5.52. The number of piperazine rings is 1. The van der Waals surface area contributed by atoms with Crippen molar-refractivity contribution in [2.24, 2.45) is 0 Å². The van der Waals surface area contributed by atoms with Gasteiger partial charge in [-0.3, -0.25) is 9.89 Å². The number of aromatic nitrogens is 4. The molecular formula is C15H16N6OS. The van der Waals surface area contributed by atoms with Crippen molar-refractivity contribution in [2.75, 3.05) is 31.1 Å². The number of nitrogens with zero attached hydrogens (tertiary/aromatic N) is 5. The lowest BCUT2D eigenvalue weighted by Gasteiger charge is -2.35. The van der Waals surface area contributed by atoms with Gasteiger partial charge in [0.05, 0.1) is 5.39 Å². The van der Waals surface area contributed by atoms with Crippen LogP contribution in [0.2, 0.25) is 0 Å². The third-order valence-electron chi connectivity index (χ3n) is 4.03. The molecule has 7 nitrogen and oxygen atoms in total. The second kappa shape index (κ2) is 5.62. The molecule has 0 aromatic carbocycles. The van der Waals surface area contributed by atoms with Gasteiger partial charge >= 0.3 is 0 Å². The van der Waals surface area contributed by atoms with Gasteiger partial charge in [-0.2, -0.15) is 5.10 Å². The number of hydrogen-bond acceptors (Lipinski definition) is 6. The molecule has 0 bridgehead atoms. The normalized spacial score (nSPS) is 15.3. The number of thiophene rings is 1. The molecule has 0 spiro atoms. The van der Waals surface area contributed by atoms with Crippen LogP contribution in [0.25, 0.3) is 10.2 Å². The van der Waals surface area contributed by atoms with E-state index in [1.165, 1.54) is 4.88 Å². The zero-order chi connectivity index (χ0) is 15.8. The molecule has 0 atom stereocenters. The molecule has 0 unspecified atom stereocenters. The summed E-state index contributed by atoms with van der Waals surface area (Å²) in [5.74, 6) is 0.967. The summed E-state index contributed by atoms with van der Waals surface area (Å²) < 4.78 is 0. The Morgan fingerprint density at radius 2 is 2.09 bits per heavy atom. The molecule has 4 heterocycles. The Balaban J connectivity index is 1.52. The van der Waals surface area contributed by atoms with Crippen LogP contribution in [0, 0.1) is 6.92 Å². The van der Waals surface area contributed by atoms with Crippen molar-refractivity contribution in [1.29, 1.82) is 0 Å². The molecule has 4 rings (SSSR count). The molecule has 1 aliphatic heterocycles. The first-order valence-electron chi connectivity index (χ1n) is 7.47. The second-order valence-corrected chi connectivity index (χ2v) is 6.76. The van der Waals surface area contributed by atoms with Crippen LogP contribution in [-0.4, -0.2) is 57.2 Å². The highest BCUT2D eigenvalue weighted by Gasteiger charge is 2.24. The van der Waals surface area contributed by atoms with Crippen LogP contribution in [0.4, 0.5) is 5.82 Å². The fourth-order valence-electron chi connectivity index (χ4n) is 2.88. The molecule has 0 aliphatic carbocycles. The van der Waals surface area contributed by atoms with E-state index in [1.54, 1.807) is 29.9 Å². The van der Waals surface area contributed by atoms with E-state index in [1.807, 2.05) is 4.90 Å². The van der Waals surface area contributed by atoms with Gasteiger partial charge in [0.15, 0.2) is 0 Å². The van der Waals surface area contributed by atoms with Crippen molar-refractivity contribution < 1.29 is 4.79 Å². The Bertz CT molecular complexity index is 835. The molecule has 0 radical (unpaired) electrons. The lowest BCUT2D eigenvalue weighted by Crippen LogP contribution is -2.49. The predicted octanol–water partition coefficient (Wildman–Crippen LogP) is 1.69. The van der Waals surface area contributed by atoms with E-state index in [0.29, 0.717) is 18.8 Å². The van der Waals surface area contributed by atoms with Crippen LogP contribution in [-0.2, 0) is 0 Å². The van der Waals surface area contributed by atoms with Gasteiger partial charge in [0.2, 0.25) is 0 Å². The fraction of sp³-hybridized carbons (Fsp3) is 0.333. The van der Waals surface area contributed by atoms with Gasteiger partial charge in [-0.05, 0) is 19.1 Å². The molecule has 1 amide bonds. The number of fused-ring (bicyclic) bond motifs is 1. The number of H-pyrrole nitrogens is 1. The minimum atomic E-state index is 0.00126. The molecule has 1 aliphatic rings. The van der Waals surface area contributed by atoms with Crippen LogP contribution in [0.3, 0.4) is 0 Å². The van der Waals surface area contributed by atoms with Crippen LogP contribution in [0.5, 0.6) is 0 Å². The molecule has 8 heteroatoms. The van der Waals surface area contributed by atoms with Gasteiger partial charge in [0.25, 0.3) is 5.91 Å². The van der Waals surface area contributed by atoms with Gasteiger partial charge in [0.1, 0.15) is 22.7 Å². The van der Waals surface area contributed by atoms with Gasteiger partial charge in [-0.1, -0.05) is 0 Å². The number of aryl methyl sites for hydroxylation is 1. The number of carbonyl (C=O) groups excluding carboxylic acids is 1. The Morgan fingerprint density at radius 1 is 1.26 bits per heavy atom. The maximum atomic E-state index is 12.3. The first kappa shape index (κ1) is 14.1. The van der Waals surface area contributed by atoms with Crippen molar-refractivity contribution in [1.82, 2.24) is 25.1 Å².